The molecule has 0 saturated carbocycles. The van der Waals surface area contributed by atoms with Crippen LogP contribution >= 0.6 is 0 Å². The van der Waals surface area contributed by atoms with E-state index in [1.54, 1.807) is 12.3 Å². The minimum absolute atomic E-state index is 0.0358. The van der Waals surface area contributed by atoms with Crippen LogP contribution in [0.1, 0.15) is 28.8 Å². The highest BCUT2D eigenvalue weighted by molar-refractivity contribution is 6.00. The van der Waals surface area contributed by atoms with Crippen LogP contribution in [0.25, 0.3) is 6.08 Å². The van der Waals surface area contributed by atoms with Gasteiger partial charge in [-0.1, -0.05) is 96.2 Å². The van der Waals surface area contributed by atoms with E-state index >= 15 is 0 Å². The molecule has 1 fully saturated rings. The number of rotatable bonds is 7. The van der Waals surface area contributed by atoms with Crippen molar-refractivity contribution in [3.8, 4) is 0 Å². The largest absolute Gasteiger partial charge is 0.468 e. The Kier molecular flexibility index (Phi) is 7.05. The normalized spacial score (nSPS) is 15.6. The molecule has 0 amide bonds. The number of esters is 1. The molecule has 186 valence electrons. The zero-order valence-corrected chi connectivity index (χ0v) is 20.7. The molecule has 37 heavy (non-hydrogen) atoms. The molecular formula is C30H28N4O3. The lowest BCUT2D eigenvalue weighted by molar-refractivity contribution is -0.141. The molecule has 1 aliphatic rings. The first-order chi connectivity index (χ1) is 18.1. The van der Waals surface area contributed by atoms with Crippen molar-refractivity contribution in [1.29, 1.82) is 0 Å². The van der Waals surface area contributed by atoms with Crippen LogP contribution in [0.4, 0.5) is 0 Å². The maximum absolute atomic E-state index is 13.1. The molecule has 1 saturated heterocycles. The number of carbonyl (C=O) groups is 2. The van der Waals surface area contributed by atoms with Crippen molar-refractivity contribution in [2.45, 2.75) is 18.5 Å². The maximum Gasteiger partial charge on any atom is 0.327 e. The summed E-state index contributed by atoms with van der Waals surface area (Å²) < 4.78 is 6.11. The van der Waals surface area contributed by atoms with Crippen molar-refractivity contribution >= 4 is 17.8 Å². The lowest BCUT2D eigenvalue weighted by Crippen LogP contribution is -2.52. The topological polar surface area (TPSA) is 77.3 Å². The third-order valence-corrected chi connectivity index (χ3v) is 6.77. The summed E-state index contributed by atoms with van der Waals surface area (Å²) in [5.74, 6) is -0.329. The fraction of sp³-hybridized carbons (Fsp3) is 0.200. The number of piperidine rings is 1. The van der Waals surface area contributed by atoms with Gasteiger partial charge in [-0.05, 0) is 22.8 Å². The van der Waals surface area contributed by atoms with Gasteiger partial charge in [-0.3, -0.25) is 14.5 Å². The Morgan fingerprint density at radius 3 is 1.97 bits per heavy atom. The van der Waals surface area contributed by atoms with Crippen molar-refractivity contribution in [3.63, 3.8) is 0 Å². The molecule has 4 aromatic rings. The Hall–Kier alpha value is -4.36. The second kappa shape index (κ2) is 10.7. The third kappa shape index (κ3) is 4.86. The van der Waals surface area contributed by atoms with E-state index in [0.717, 1.165) is 16.7 Å². The van der Waals surface area contributed by atoms with Crippen LogP contribution in [-0.2, 0) is 26.4 Å². The van der Waals surface area contributed by atoms with Crippen LogP contribution in [0.5, 0.6) is 0 Å². The number of carbonyl (C=O) groups excluding carboxylic acids is 2. The Labute approximate surface area is 216 Å². The van der Waals surface area contributed by atoms with Crippen LogP contribution in [0, 0.1) is 0 Å². The Morgan fingerprint density at radius 2 is 1.46 bits per heavy atom. The summed E-state index contributed by atoms with van der Waals surface area (Å²) in [6, 6.07) is 31.3. The van der Waals surface area contributed by atoms with Crippen molar-refractivity contribution in [2.75, 3.05) is 20.2 Å². The summed E-state index contributed by atoms with van der Waals surface area (Å²) in [4.78, 5) is 27.1. The molecule has 0 spiro atoms. The molecule has 0 N–H and O–H groups in total. The third-order valence-electron chi connectivity index (χ3n) is 6.77. The molecule has 1 aromatic heterocycles. The van der Waals surface area contributed by atoms with E-state index in [9.17, 15) is 9.59 Å². The van der Waals surface area contributed by atoms with Gasteiger partial charge in [0.05, 0.1) is 18.8 Å². The number of nitrogens with zero attached hydrogens (tertiary/aromatic N) is 4. The molecular weight excluding hydrogens is 464 g/mol. The number of hydrogen-bond donors (Lipinski definition) is 0. The average molecular weight is 493 g/mol. The van der Waals surface area contributed by atoms with Gasteiger partial charge < -0.3 is 4.74 Å². The lowest BCUT2D eigenvalue weighted by Gasteiger charge is -2.47. The predicted octanol–water partition coefficient (Wildman–Crippen LogP) is 4.10. The number of Topliss-reactive ketones (excluding diaryl/α,β-unsaturated/α-hetero) is 1. The monoisotopic (exact) mass is 492 g/mol. The van der Waals surface area contributed by atoms with Crippen molar-refractivity contribution in [3.05, 3.63) is 125 Å². The van der Waals surface area contributed by atoms with E-state index in [2.05, 4.69) is 88.0 Å². The van der Waals surface area contributed by atoms with Crippen molar-refractivity contribution in [2.24, 2.45) is 0 Å². The van der Waals surface area contributed by atoms with E-state index < -0.39 is 11.5 Å². The smallest absolute Gasteiger partial charge is 0.327 e. The van der Waals surface area contributed by atoms with Gasteiger partial charge in [-0.25, -0.2) is 4.68 Å². The average Bonchev–Trinajstić information content (AvgIpc) is 3.39. The summed E-state index contributed by atoms with van der Waals surface area (Å²) >= 11 is 0. The Morgan fingerprint density at radius 1 is 0.919 bits per heavy atom. The van der Waals surface area contributed by atoms with E-state index in [1.807, 2.05) is 18.2 Å². The first-order valence-corrected chi connectivity index (χ1v) is 12.2. The van der Waals surface area contributed by atoms with Crippen LogP contribution in [0.3, 0.4) is 0 Å². The number of ether oxygens (including phenoxy) is 1. The number of hydrogen-bond acceptors (Lipinski definition) is 6. The van der Waals surface area contributed by atoms with Gasteiger partial charge in [0.1, 0.15) is 12.2 Å². The molecule has 5 rings (SSSR count). The van der Waals surface area contributed by atoms with Gasteiger partial charge in [0.2, 0.25) is 0 Å². The molecule has 7 heteroatoms. The second-order valence-corrected chi connectivity index (χ2v) is 8.99. The molecule has 7 nitrogen and oxygen atoms in total. The minimum Gasteiger partial charge on any atom is -0.468 e. The van der Waals surface area contributed by atoms with Crippen LogP contribution in [0.2, 0.25) is 0 Å². The highest BCUT2D eigenvalue weighted by Crippen LogP contribution is 2.43. The zero-order chi connectivity index (χ0) is 25.7. The van der Waals surface area contributed by atoms with Gasteiger partial charge in [0.15, 0.2) is 5.78 Å². The summed E-state index contributed by atoms with van der Waals surface area (Å²) in [6.07, 6.45) is 3.81. The van der Waals surface area contributed by atoms with Gasteiger partial charge in [-0.2, -0.15) is 0 Å². The summed E-state index contributed by atoms with van der Waals surface area (Å²) in [5.41, 5.74) is 3.97. The first kappa shape index (κ1) is 24.3. The highest BCUT2D eigenvalue weighted by atomic mass is 16.5. The number of likely N-dealkylation sites (tertiary alicyclic amines) is 1. The molecule has 1 aliphatic heterocycles. The van der Waals surface area contributed by atoms with E-state index in [4.69, 9.17) is 4.74 Å². The predicted molar refractivity (Wildman–Crippen MR) is 140 cm³/mol. The van der Waals surface area contributed by atoms with Gasteiger partial charge in [0.25, 0.3) is 0 Å². The van der Waals surface area contributed by atoms with Crippen molar-refractivity contribution in [1.82, 2.24) is 19.9 Å². The fourth-order valence-corrected chi connectivity index (χ4v) is 5.10. The van der Waals surface area contributed by atoms with Gasteiger partial charge in [-0.15, -0.1) is 5.10 Å². The quantitative estimate of drug-likeness (QED) is 0.220. The second-order valence-electron chi connectivity index (χ2n) is 8.99. The molecule has 0 radical (unpaired) electrons. The number of aromatic nitrogens is 3. The Balaban J connectivity index is 1.60. The molecule has 2 heterocycles. The van der Waals surface area contributed by atoms with Crippen LogP contribution in [-0.4, -0.2) is 51.8 Å². The first-order valence-electron chi connectivity index (χ1n) is 12.2. The SMILES string of the molecule is COC(=O)Cn1cc(/C=C2/CN(C(c3ccccc3)(c3ccccc3)c3ccccc3)CCC2=O)nn1. The zero-order valence-electron chi connectivity index (χ0n) is 20.7. The standard InChI is InChI=1S/C30H28N4O3/c1-37-29(36)22-34-21-27(31-32-34)19-23-20-33(18-17-28(23)35)30(24-11-5-2-6-12-24,25-13-7-3-8-14-25)26-15-9-4-10-16-26/h2-16,19,21H,17-18,20,22H2,1H3/b23-19-. The molecule has 0 aliphatic carbocycles. The summed E-state index contributed by atoms with van der Waals surface area (Å²) in [5, 5.41) is 8.15. The van der Waals surface area contributed by atoms with Crippen molar-refractivity contribution < 1.29 is 14.3 Å². The highest BCUT2D eigenvalue weighted by Gasteiger charge is 2.44. The molecule has 0 unspecified atom stereocenters. The van der Waals surface area contributed by atoms with Crippen LogP contribution < -0.4 is 0 Å². The number of methoxy groups -OCH3 is 1. The van der Waals surface area contributed by atoms with E-state index in [0.29, 0.717) is 30.8 Å². The van der Waals surface area contributed by atoms with Gasteiger partial charge in [0, 0.05) is 25.1 Å². The summed E-state index contributed by atoms with van der Waals surface area (Å²) in [6.45, 7) is 0.997. The lowest BCUT2D eigenvalue weighted by atomic mass is 9.74. The number of benzene rings is 3. The number of ketones is 1. The van der Waals surface area contributed by atoms with E-state index in [1.165, 1.54) is 11.8 Å². The minimum atomic E-state index is -0.605. The van der Waals surface area contributed by atoms with Crippen LogP contribution in [0.15, 0.2) is 103 Å². The van der Waals surface area contributed by atoms with Gasteiger partial charge >= 0.3 is 5.97 Å². The fourth-order valence-electron chi connectivity index (χ4n) is 5.10. The Bertz CT molecular complexity index is 1300. The maximum atomic E-state index is 13.1. The summed E-state index contributed by atoms with van der Waals surface area (Å²) in [7, 11) is 1.33. The molecule has 0 bridgehead atoms. The molecule has 0 atom stereocenters. The molecule has 3 aromatic carbocycles. The van der Waals surface area contributed by atoms with E-state index in [-0.39, 0.29) is 12.3 Å².